The molecular weight excluding hydrogens is 272 g/mol. The zero-order valence-corrected chi connectivity index (χ0v) is 11.5. The van der Waals surface area contributed by atoms with Crippen molar-refractivity contribution in [2.45, 2.75) is 30.7 Å². The third-order valence-corrected chi connectivity index (χ3v) is 5.23. The van der Waals surface area contributed by atoms with Gasteiger partial charge in [-0.05, 0) is 25.7 Å². The molecule has 2 heterocycles. The van der Waals surface area contributed by atoms with E-state index in [2.05, 4.69) is 4.98 Å². The van der Waals surface area contributed by atoms with Gasteiger partial charge in [0.25, 0.3) is 5.56 Å². The fourth-order valence-corrected chi connectivity index (χ4v) is 4.10. The van der Waals surface area contributed by atoms with Crippen molar-refractivity contribution in [1.29, 1.82) is 0 Å². The summed E-state index contributed by atoms with van der Waals surface area (Å²) in [4.78, 5) is 17.8. The van der Waals surface area contributed by atoms with Crippen molar-refractivity contribution in [3.05, 3.63) is 27.0 Å². The second-order valence-corrected chi connectivity index (χ2v) is 7.53. The zero-order chi connectivity index (χ0) is 12.9. The van der Waals surface area contributed by atoms with Gasteiger partial charge in [0.2, 0.25) is 0 Å². The van der Waals surface area contributed by atoms with Gasteiger partial charge >= 0.3 is 0 Å². The summed E-state index contributed by atoms with van der Waals surface area (Å²) >= 11 is 1.43. The standard InChI is InChI=1S/C11H12N2O3S2/c1-18(15,16)9-6-10(14)13-7-4-2-3-5-8(7)17-11(13)12-9/h6H,2-5H2,1H3. The third kappa shape index (κ3) is 1.78. The van der Waals surface area contributed by atoms with E-state index < -0.39 is 9.84 Å². The van der Waals surface area contributed by atoms with Crippen LogP contribution in [-0.4, -0.2) is 24.1 Å². The zero-order valence-electron chi connectivity index (χ0n) is 9.84. The van der Waals surface area contributed by atoms with E-state index in [1.54, 1.807) is 4.40 Å². The van der Waals surface area contributed by atoms with Crippen molar-refractivity contribution in [3.63, 3.8) is 0 Å². The number of rotatable bonds is 1. The molecule has 96 valence electrons. The monoisotopic (exact) mass is 284 g/mol. The van der Waals surface area contributed by atoms with Crippen molar-refractivity contribution in [2.75, 3.05) is 6.26 Å². The quantitative estimate of drug-likeness (QED) is 0.734. The summed E-state index contributed by atoms with van der Waals surface area (Å²) in [5.74, 6) is 0. The summed E-state index contributed by atoms with van der Waals surface area (Å²) in [6, 6.07) is 1.12. The SMILES string of the molecule is CS(=O)(=O)c1cc(=O)n2c3c(sc2n1)CCCC3. The third-order valence-electron chi connectivity index (χ3n) is 3.12. The predicted molar refractivity (Wildman–Crippen MR) is 69.1 cm³/mol. The molecule has 0 bridgehead atoms. The second kappa shape index (κ2) is 3.89. The Labute approximate surface area is 108 Å². The molecule has 2 aromatic heterocycles. The molecule has 0 amide bonds. The van der Waals surface area contributed by atoms with E-state index >= 15 is 0 Å². The van der Waals surface area contributed by atoms with Crippen molar-refractivity contribution >= 4 is 26.1 Å². The Morgan fingerprint density at radius 3 is 2.78 bits per heavy atom. The molecule has 5 nitrogen and oxygen atoms in total. The topological polar surface area (TPSA) is 68.5 Å². The van der Waals surface area contributed by atoms with Crippen LogP contribution in [0.3, 0.4) is 0 Å². The number of aryl methyl sites for hydroxylation is 2. The molecule has 2 aromatic rings. The lowest BCUT2D eigenvalue weighted by molar-refractivity contribution is 0.597. The molecule has 0 saturated heterocycles. The summed E-state index contributed by atoms with van der Waals surface area (Å²) in [6.45, 7) is 0. The Morgan fingerprint density at radius 1 is 1.33 bits per heavy atom. The highest BCUT2D eigenvalue weighted by molar-refractivity contribution is 7.90. The average molecular weight is 284 g/mol. The van der Waals surface area contributed by atoms with Crippen LogP contribution in [0.5, 0.6) is 0 Å². The van der Waals surface area contributed by atoms with Crippen LogP contribution in [0.25, 0.3) is 4.96 Å². The minimum Gasteiger partial charge on any atom is -0.269 e. The number of hydrogen-bond acceptors (Lipinski definition) is 5. The fraction of sp³-hybridized carbons (Fsp3) is 0.455. The molecule has 7 heteroatoms. The van der Waals surface area contributed by atoms with Crippen molar-refractivity contribution in [1.82, 2.24) is 9.38 Å². The molecule has 0 radical (unpaired) electrons. The van der Waals surface area contributed by atoms with Gasteiger partial charge < -0.3 is 0 Å². The van der Waals surface area contributed by atoms with Crippen LogP contribution in [0.1, 0.15) is 23.4 Å². The normalized spacial score (nSPS) is 15.8. The maximum Gasteiger partial charge on any atom is 0.260 e. The molecule has 0 N–H and O–H groups in total. The molecule has 3 rings (SSSR count). The number of nitrogens with zero attached hydrogens (tertiary/aromatic N) is 2. The van der Waals surface area contributed by atoms with E-state index in [4.69, 9.17) is 0 Å². The fourth-order valence-electron chi connectivity index (χ4n) is 2.27. The second-order valence-electron chi connectivity index (χ2n) is 4.50. The molecule has 18 heavy (non-hydrogen) atoms. The van der Waals surface area contributed by atoms with E-state index in [0.29, 0.717) is 4.96 Å². The minimum absolute atomic E-state index is 0.133. The lowest BCUT2D eigenvalue weighted by Gasteiger charge is -2.09. The van der Waals surface area contributed by atoms with Crippen LogP contribution in [0.15, 0.2) is 15.9 Å². The molecule has 0 aromatic carbocycles. The van der Waals surface area contributed by atoms with Gasteiger partial charge in [0.1, 0.15) is 0 Å². The Bertz CT molecular complexity index is 786. The van der Waals surface area contributed by atoms with Gasteiger partial charge in [0.05, 0.1) is 0 Å². The Balaban J connectivity index is 2.37. The maximum absolute atomic E-state index is 12.0. The first-order valence-corrected chi connectivity index (χ1v) is 8.42. The maximum atomic E-state index is 12.0. The van der Waals surface area contributed by atoms with Gasteiger partial charge in [-0.3, -0.25) is 9.20 Å². The summed E-state index contributed by atoms with van der Waals surface area (Å²) in [5.41, 5.74) is 0.721. The van der Waals surface area contributed by atoms with E-state index in [9.17, 15) is 13.2 Å². The molecule has 1 aliphatic rings. The van der Waals surface area contributed by atoms with Gasteiger partial charge in [0.15, 0.2) is 19.8 Å². The van der Waals surface area contributed by atoms with Crippen LogP contribution in [0.4, 0.5) is 0 Å². The van der Waals surface area contributed by atoms with E-state index in [-0.39, 0.29) is 10.6 Å². The number of thiazole rings is 1. The Morgan fingerprint density at radius 2 is 2.06 bits per heavy atom. The number of fused-ring (bicyclic) bond motifs is 3. The highest BCUT2D eigenvalue weighted by Crippen LogP contribution is 2.28. The van der Waals surface area contributed by atoms with Gasteiger partial charge in [-0.2, -0.15) is 0 Å². The highest BCUT2D eigenvalue weighted by atomic mass is 32.2. The van der Waals surface area contributed by atoms with Crippen LogP contribution in [-0.2, 0) is 22.7 Å². The van der Waals surface area contributed by atoms with Crippen molar-refractivity contribution in [2.24, 2.45) is 0 Å². The largest absolute Gasteiger partial charge is 0.269 e. The van der Waals surface area contributed by atoms with Gasteiger partial charge in [-0.25, -0.2) is 13.4 Å². The first-order chi connectivity index (χ1) is 8.47. The first-order valence-electron chi connectivity index (χ1n) is 5.71. The summed E-state index contributed by atoms with van der Waals surface area (Å²) in [5, 5.41) is -0.133. The Hall–Kier alpha value is -1.21. The van der Waals surface area contributed by atoms with Gasteiger partial charge in [0, 0.05) is 22.9 Å². The molecule has 0 fully saturated rings. The number of aromatic nitrogens is 2. The van der Waals surface area contributed by atoms with Crippen LogP contribution in [0.2, 0.25) is 0 Å². The molecule has 0 spiro atoms. The molecule has 1 aliphatic carbocycles. The molecule has 0 saturated carbocycles. The van der Waals surface area contributed by atoms with E-state index in [1.807, 2.05) is 0 Å². The van der Waals surface area contributed by atoms with Crippen LogP contribution < -0.4 is 5.56 Å². The van der Waals surface area contributed by atoms with E-state index in [0.717, 1.165) is 48.6 Å². The van der Waals surface area contributed by atoms with Crippen LogP contribution >= 0.6 is 11.3 Å². The smallest absolute Gasteiger partial charge is 0.260 e. The van der Waals surface area contributed by atoms with Crippen molar-refractivity contribution < 1.29 is 8.42 Å². The molecule has 0 unspecified atom stereocenters. The summed E-state index contributed by atoms with van der Waals surface area (Å²) in [6.07, 6.45) is 5.08. The average Bonchev–Trinajstić information content (AvgIpc) is 2.66. The van der Waals surface area contributed by atoms with Gasteiger partial charge in [-0.15, -0.1) is 11.3 Å². The molecular formula is C11H12N2O3S2. The van der Waals surface area contributed by atoms with Gasteiger partial charge in [-0.1, -0.05) is 0 Å². The van der Waals surface area contributed by atoms with Crippen LogP contribution in [0, 0.1) is 0 Å². The first kappa shape index (κ1) is 11.9. The molecule has 0 atom stereocenters. The Kier molecular flexibility index (Phi) is 2.56. The number of hydrogen-bond donors (Lipinski definition) is 0. The van der Waals surface area contributed by atoms with E-state index in [1.165, 1.54) is 11.3 Å². The predicted octanol–water partition coefficient (Wildman–Crippen LogP) is 1.04. The lowest BCUT2D eigenvalue weighted by Crippen LogP contribution is -2.19. The molecule has 0 aliphatic heterocycles. The highest BCUT2D eigenvalue weighted by Gasteiger charge is 2.20. The minimum atomic E-state index is -3.44. The lowest BCUT2D eigenvalue weighted by atomic mass is 10.0. The van der Waals surface area contributed by atoms with Crippen molar-refractivity contribution in [3.8, 4) is 0 Å². The summed E-state index contributed by atoms with van der Waals surface area (Å²) in [7, 11) is -3.44. The number of sulfone groups is 1. The summed E-state index contributed by atoms with van der Waals surface area (Å²) < 4.78 is 24.5.